The van der Waals surface area contributed by atoms with E-state index in [1.807, 2.05) is 12.3 Å². The molecule has 1 fully saturated rings. The van der Waals surface area contributed by atoms with Crippen LogP contribution in [-0.4, -0.2) is 33.0 Å². The van der Waals surface area contributed by atoms with Gasteiger partial charge in [0.1, 0.15) is 4.90 Å². The molecule has 7 heteroatoms. The van der Waals surface area contributed by atoms with Crippen molar-refractivity contribution in [1.29, 1.82) is 0 Å². The monoisotopic (exact) mass is 348 g/mol. The topological polar surface area (TPSA) is 58.2 Å². The van der Waals surface area contributed by atoms with Crippen LogP contribution in [0.4, 0.5) is 0 Å². The summed E-state index contributed by atoms with van der Waals surface area (Å²) in [5, 5.41) is 5.33. The van der Waals surface area contributed by atoms with E-state index in [1.54, 1.807) is 11.8 Å². The van der Waals surface area contributed by atoms with Gasteiger partial charge in [-0.1, -0.05) is 0 Å². The summed E-state index contributed by atoms with van der Waals surface area (Å²) >= 11 is 3.33. The molecule has 0 amide bonds. The fourth-order valence-corrected chi connectivity index (χ4v) is 5.47. The Hall–Kier alpha value is -0.0800. The molecule has 1 aliphatic rings. The summed E-state index contributed by atoms with van der Waals surface area (Å²) in [7, 11) is -3.38. The third-order valence-electron chi connectivity index (χ3n) is 3.45. The minimum absolute atomic E-state index is 0.491. The molecular weight excluding hydrogens is 324 g/mol. The van der Waals surface area contributed by atoms with Crippen molar-refractivity contribution in [3.63, 3.8) is 0 Å². The van der Waals surface area contributed by atoms with Gasteiger partial charge in [-0.2, -0.15) is 11.8 Å². The van der Waals surface area contributed by atoms with Crippen molar-refractivity contribution in [2.75, 3.05) is 18.6 Å². The quantitative estimate of drug-likeness (QED) is 0.638. The van der Waals surface area contributed by atoms with Gasteiger partial charge in [0.05, 0.1) is 0 Å². The minimum atomic E-state index is -3.38. The van der Waals surface area contributed by atoms with E-state index in [2.05, 4.69) is 16.3 Å². The lowest BCUT2D eigenvalue weighted by atomic mass is 10.3. The van der Waals surface area contributed by atoms with Gasteiger partial charge < -0.3 is 5.32 Å². The number of hydrogen-bond donors (Lipinski definition) is 2. The first-order valence-corrected chi connectivity index (χ1v) is 11.1. The van der Waals surface area contributed by atoms with Gasteiger partial charge in [-0.3, -0.25) is 0 Å². The highest BCUT2D eigenvalue weighted by Gasteiger charge is 2.25. The molecule has 0 saturated heterocycles. The highest BCUT2D eigenvalue weighted by molar-refractivity contribution is 7.98. The summed E-state index contributed by atoms with van der Waals surface area (Å²) in [6.07, 6.45) is 6.42. The molecule has 1 aromatic rings. The Kier molecular flexibility index (Phi) is 6.55. The zero-order chi connectivity index (χ0) is 15.3. The van der Waals surface area contributed by atoms with Crippen molar-refractivity contribution in [3.8, 4) is 0 Å². The molecule has 1 heterocycles. The number of aryl methyl sites for hydroxylation is 1. The number of unbranched alkanes of at least 4 members (excludes halogenated alkanes) is 1. The second-order valence-corrected chi connectivity index (χ2v) is 9.08. The molecule has 4 nitrogen and oxygen atoms in total. The number of thiophene rings is 1. The third-order valence-corrected chi connectivity index (χ3v) is 7.07. The van der Waals surface area contributed by atoms with Crippen LogP contribution in [-0.2, 0) is 16.6 Å². The normalized spacial score (nSPS) is 15.5. The third kappa shape index (κ3) is 5.25. The van der Waals surface area contributed by atoms with Crippen LogP contribution in [0.2, 0.25) is 0 Å². The standard InChI is InChI=1S/C14H24N2O2S3/c1-11-10-20-13(9-15-12-5-6-12)14(11)21(17,18)16-7-3-4-8-19-2/h10,12,15-16H,3-9H2,1-2H3. The lowest BCUT2D eigenvalue weighted by Crippen LogP contribution is -2.27. The predicted molar refractivity (Wildman–Crippen MR) is 91.7 cm³/mol. The van der Waals surface area contributed by atoms with E-state index in [4.69, 9.17) is 0 Å². The first-order valence-electron chi connectivity index (χ1n) is 7.33. The van der Waals surface area contributed by atoms with E-state index in [9.17, 15) is 8.42 Å². The van der Waals surface area contributed by atoms with Crippen molar-refractivity contribution in [3.05, 3.63) is 15.8 Å². The van der Waals surface area contributed by atoms with Gasteiger partial charge in [-0.15, -0.1) is 11.3 Å². The number of thioether (sulfide) groups is 1. The van der Waals surface area contributed by atoms with Gasteiger partial charge in [0.2, 0.25) is 10.0 Å². The lowest BCUT2D eigenvalue weighted by molar-refractivity contribution is 0.576. The number of rotatable bonds is 10. The molecule has 1 aromatic heterocycles. The SMILES string of the molecule is CSCCCCNS(=O)(=O)c1c(C)csc1CNC1CC1. The van der Waals surface area contributed by atoms with Crippen LogP contribution in [0.1, 0.15) is 36.1 Å². The Labute approximate surface area is 136 Å². The van der Waals surface area contributed by atoms with Crippen LogP contribution >= 0.6 is 23.1 Å². The Morgan fingerprint density at radius 3 is 2.81 bits per heavy atom. The van der Waals surface area contributed by atoms with Gasteiger partial charge in [0.15, 0.2) is 0 Å². The molecule has 2 N–H and O–H groups in total. The summed E-state index contributed by atoms with van der Waals surface area (Å²) in [6.45, 7) is 3.05. The second-order valence-electron chi connectivity index (χ2n) is 5.42. The fraction of sp³-hybridized carbons (Fsp3) is 0.714. The van der Waals surface area contributed by atoms with E-state index in [-0.39, 0.29) is 0 Å². The zero-order valence-corrected chi connectivity index (χ0v) is 15.1. The lowest BCUT2D eigenvalue weighted by Gasteiger charge is -2.09. The molecule has 2 rings (SSSR count). The van der Waals surface area contributed by atoms with Gasteiger partial charge in [0, 0.05) is 24.0 Å². The van der Waals surface area contributed by atoms with Crippen molar-refractivity contribution in [2.45, 2.75) is 50.1 Å². The van der Waals surface area contributed by atoms with E-state index in [0.29, 0.717) is 24.0 Å². The van der Waals surface area contributed by atoms with E-state index >= 15 is 0 Å². The van der Waals surface area contributed by atoms with Crippen molar-refractivity contribution < 1.29 is 8.42 Å². The number of sulfonamides is 1. The molecule has 1 aliphatic carbocycles. The average Bonchev–Trinajstić information content (AvgIpc) is 3.18. The van der Waals surface area contributed by atoms with Crippen LogP contribution in [0.5, 0.6) is 0 Å². The highest BCUT2D eigenvalue weighted by atomic mass is 32.2. The van der Waals surface area contributed by atoms with Crippen molar-refractivity contribution >= 4 is 33.1 Å². The van der Waals surface area contributed by atoms with Crippen molar-refractivity contribution in [1.82, 2.24) is 10.0 Å². The molecule has 0 bridgehead atoms. The van der Waals surface area contributed by atoms with Crippen LogP contribution in [0.3, 0.4) is 0 Å². The molecule has 21 heavy (non-hydrogen) atoms. The summed E-state index contributed by atoms with van der Waals surface area (Å²) in [5.41, 5.74) is 0.851. The summed E-state index contributed by atoms with van der Waals surface area (Å²) in [4.78, 5) is 1.42. The van der Waals surface area contributed by atoms with E-state index in [0.717, 1.165) is 29.0 Å². The average molecular weight is 349 g/mol. The predicted octanol–water partition coefficient (Wildman–Crippen LogP) is 2.73. The van der Waals surface area contributed by atoms with Gasteiger partial charge in [0.25, 0.3) is 0 Å². The molecule has 0 spiro atoms. The fourth-order valence-electron chi connectivity index (χ4n) is 2.14. The van der Waals surface area contributed by atoms with Gasteiger partial charge in [-0.25, -0.2) is 13.1 Å². The van der Waals surface area contributed by atoms with Crippen LogP contribution in [0, 0.1) is 6.92 Å². The molecule has 0 aromatic carbocycles. The summed E-state index contributed by atoms with van der Waals surface area (Å²) in [6, 6.07) is 0.586. The number of hydrogen-bond acceptors (Lipinski definition) is 5. The number of nitrogens with one attached hydrogen (secondary N) is 2. The molecule has 1 saturated carbocycles. The Morgan fingerprint density at radius 2 is 2.14 bits per heavy atom. The van der Waals surface area contributed by atoms with Crippen LogP contribution in [0.25, 0.3) is 0 Å². The summed E-state index contributed by atoms with van der Waals surface area (Å²) in [5.74, 6) is 1.08. The van der Waals surface area contributed by atoms with Crippen LogP contribution < -0.4 is 10.0 Å². The smallest absolute Gasteiger partial charge is 0.241 e. The molecule has 0 atom stereocenters. The van der Waals surface area contributed by atoms with Gasteiger partial charge >= 0.3 is 0 Å². The van der Waals surface area contributed by atoms with Crippen molar-refractivity contribution in [2.24, 2.45) is 0 Å². The van der Waals surface area contributed by atoms with Gasteiger partial charge in [-0.05, 0) is 55.6 Å². The molecule has 0 aliphatic heterocycles. The first-order chi connectivity index (χ1) is 10.0. The Bertz CT molecular complexity index is 551. The Balaban J connectivity index is 1.95. The molecule has 0 unspecified atom stereocenters. The maximum atomic E-state index is 12.5. The first kappa shape index (κ1) is 17.3. The summed E-state index contributed by atoms with van der Waals surface area (Å²) < 4.78 is 27.7. The maximum absolute atomic E-state index is 12.5. The largest absolute Gasteiger partial charge is 0.309 e. The zero-order valence-electron chi connectivity index (χ0n) is 12.6. The van der Waals surface area contributed by atoms with Crippen LogP contribution in [0.15, 0.2) is 10.3 Å². The minimum Gasteiger partial charge on any atom is -0.309 e. The Morgan fingerprint density at radius 1 is 1.38 bits per heavy atom. The highest BCUT2D eigenvalue weighted by Crippen LogP contribution is 2.28. The molecule has 120 valence electrons. The molecular formula is C14H24N2O2S3. The van der Waals surface area contributed by atoms with E-state index in [1.165, 1.54) is 24.2 Å². The second kappa shape index (κ2) is 7.97. The maximum Gasteiger partial charge on any atom is 0.241 e. The van der Waals surface area contributed by atoms with E-state index < -0.39 is 10.0 Å². The molecule has 0 radical (unpaired) electrons.